The van der Waals surface area contributed by atoms with Gasteiger partial charge in [-0.05, 0) is 23.7 Å². The number of anilines is 1. The van der Waals surface area contributed by atoms with Gasteiger partial charge < -0.3 is 0 Å². The molecule has 1 aromatic carbocycles. The molecule has 22 heavy (non-hydrogen) atoms. The van der Waals surface area contributed by atoms with Crippen molar-refractivity contribution in [2.24, 2.45) is 0 Å². The van der Waals surface area contributed by atoms with E-state index in [-0.39, 0.29) is 23.8 Å². The van der Waals surface area contributed by atoms with Gasteiger partial charge in [0.2, 0.25) is 17.5 Å². The highest BCUT2D eigenvalue weighted by molar-refractivity contribution is 6.26. The molecule has 8 heteroatoms. The van der Waals surface area contributed by atoms with Gasteiger partial charge in [0.1, 0.15) is 13.5 Å². The largest absolute Gasteiger partial charge is 0.338 e. The number of rotatable bonds is 3. The van der Waals surface area contributed by atoms with Crippen molar-refractivity contribution in [1.29, 1.82) is 0 Å². The van der Waals surface area contributed by atoms with Gasteiger partial charge in [-0.15, -0.1) is 0 Å². The second-order valence-electron chi connectivity index (χ2n) is 5.62. The number of amides is 4. The number of hydrogen-bond donors (Lipinski definition) is 2. The molecule has 8 nitrogen and oxygen atoms in total. The standard InChI is InChI=1S/C14H16N3O5/c1-17(21,22)11-4-2-3-10(7-11)16-13(19)8-12(18)15(14(16)20)9-5-6-9/h2-4,7,9,21-22H,5-6,8H2,1H3/q+1. The maximum atomic E-state index is 12.5. The Kier molecular flexibility index (Phi) is 3.24. The molecule has 0 radical (unpaired) electrons. The van der Waals surface area contributed by atoms with Crippen LogP contribution in [0.3, 0.4) is 0 Å². The molecule has 0 aromatic heterocycles. The molecule has 1 aliphatic heterocycles. The number of barbiturate groups is 1. The lowest BCUT2D eigenvalue weighted by Crippen LogP contribution is -2.56. The summed E-state index contributed by atoms with van der Waals surface area (Å²) in [5.41, 5.74) is 0.297. The zero-order valence-electron chi connectivity index (χ0n) is 12.0. The van der Waals surface area contributed by atoms with E-state index in [4.69, 9.17) is 0 Å². The third kappa shape index (κ3) is 2.47. The summed E-state index contributed by atoms with van der Waals surface area (Å²) in [7, 11) is 1.12. The zero-order chi connectivity index (χ0) is 16.1. The van der Waals surface area contributed by atoms with Crippen molar-refractivity contribution < 1.29 is 24.8 Å². The minimum atomic E-state index is -1.42. The van der Waals surface area contributed by atoms with Crippen LogP contribution in [0.2, 0.25) is 0 Å². The predicted octanol–water partition coefficient (Wildman–Crippen LogP) is 1.25. The first-order chi connectivity index (χ1) is 10.3. The topological polar surface area (TPSA) is 98.2 Å². The van der Waals surface area contributed by atoms with Crippen molar-refractivity contribution in [2.45, 2.75) is 25.3 Å². The Bertz CT molecular complexity index is 663. The van der Waals surface area contributed by atoms with Crippen LogP contribution < -0.4 is 9.71 Å². The molecule has 1 aliphatic carbocycles. The molecule has 1 saturated carbocycles. The second-order valence-corrected chi connectivity index (χ2v) is 5.62. The fraction of sp³-hybridized carbons (Fsp3) is 0.357. The monoisotopic (exact) mass is 306 g/mol. The van der Waals surface area contributed by atoms with Crippen LogP contribution in [0.1, 0.15) is 19.3 Å². The van der Waals surface area contributed by atoms with Gasteiger partial charge in [-0.2, -0.15) is 10.4 Å². The fourth-order valence-electron chi connectivity index (χ4n) is 2.46. The normalized spacial score (nSPS) is 19.9. The summed E-state index contributed by atoms with van der Waals surface area (Å²) in [5.74, 6) is -1.09. The first kappa shape index (κ1) is 14.6. The third-order valence-corrected chi connectivity index (χ3v) is 3.71. The number of hydrogen-bond acceptors (Lipinski definition) is 5. The van der Waals surface area contributed by atoms with Gasteiger partial charge in [-0.25, -0.2) is 9.69 Å². The average Bonchev–Trinajstić information content (AvgIpc) is 3.22. The Balaban J connectivity index is 1.97. The fourth-order valence-corrected chi connectivity index (χ4v) is 2.46. The number of imide groups is 2. The minimum absolute atomic E-state index is 0.0907. The Labute approximate surface area is 126 Å². The lowest BCUT2D eigenvalue weighted by molar-refractivity contribution is -0.272. The number of benzene rings is 1. The van der Waals surface area contributed by atoms with Gasteiger partial charge in [0.05, 0.1) is 5.69 Å². The summed E-state index contributed by atoms with van der Waals surface area (Å²) < 4.78 is 0. The van der Waals surface area contributed by atoms with E-state index in [2.05, 4.69) is 0 Å². The molecule has 0 unspecified atom stereocenters. The highest BCUT2D eigenvalue weighted by atomic mass is 16.8. The molecule has 0 atom stereocenters. The maximum Gasteiger partial charge on any atom is 0.338 e. The molecule has 2 fully saturated rings. The maximum absolute atomic E-state index is 12.5. The van der Waals surface area contributed by atoms with Crippen molar-refractivity contribution in [3.8, 4) is 0 Å². The smallest absolute Gasteiger partial charge is 0.274 e. The molecule has 3 rings (SSSR count). The quantitative estimate of drug-likeness (QED) is 0.497. The molecule has 4 amide bonds. The van der Waals surface area contributed by atoms with E-state index in [1.54, 1.807) is 0 Å². The molecular weight excluding hydrogens is 290 g/mol. The van der Waals surface area contributed by atoms with Crippen molar-refractivity contribution in [1.82, 2.24) is 9.71 Å². The van der Waals surface area contributed by atoms with Crippen LogP contribution in [0.5, 0.6) is 0 Å². The Morgan fingerprint density at radius 1 is 1.14 bits per heavy atom. The van der Waals surface area contributed by atoms with E-state index in [1.807, 2.05) is 0 Å². The van der Waals surface area contributed by atoms with Crippen LogP contribution in [0.4, 0.5) is 16.2 Å². The number of carbonyl (C=O) groups is 3. The summed E-state index contributed by atoms with van der Waals surface area (Å²) in [5, 5.41) is 19.2. The zero-order valence-corrected chi connectivity index (χ0v) is 12.0. The first-order valence-electron chi connectivity index (χ1n) is 6.90. The van der Waals surface area contributed by atoms with Gasteiger partial charge in [-0.1, -0.05) is 6.07 Å². The van der Waals surface area contributed by atoms with E-state index >= 15 is 0 Å². The Hall–Kier alpha value is -2.29. The second kappa shape index (κ2) is 4.87. The van der Waals surface area contributed by atoms with E-state index in [0.717, 1.165) is 29.7 Å². The first-order valence-corrected chi connectivity index (χ1v) is 6.90. The van der Waals surface area contributed by atoms with E-state index in [1.165, 1.54) is 24.3 Å². The van der Waals surface area contributed by atoms with Crippen molar-refractivity contribution in [2.75, 3.05) is 11.9 Å². The number of nitrogens with zero attached hydrogens (tertiary/aromatic N) is 3. The van der Waals surface area contributed by atoms with E-state index in [9.17, 15) is 24.8 Å². The molecular formula is C14H16N3O5+. The lowest BCUT2D eigenvalue weighted by Gasteiger charge is -2.32. The van der Waals surface area contributed by atoms with Gasteiger partial charge in [0.15, 0.2) is 0 Å². The molecule has 1 saturated heterocycles. The highest BCUT2D eigenvalue weighted by Gasteiger charge is 2.46. The lowest BCUT2D eigenvalue weighted by atomic mass is 10.2. The van der Waals surface area contributed by atoms with Crippen LogP contribution in [0, 0.1) is 0 Å². The molecule has 1 heterocycles. The van der Waals surface area contributed by atoms with Gasteiger partial charge in [0, 0.05) is 18.2 Å². The predicted molar refractivity (Wildman–Crippen MR) is 75.1 cm³/mol. The van der Waals surface area contributed by atoms with Crippen LogP contribution in [-0.2, 0) is 9.59 Å². The van der Waals surface area contributed by atoms with Crippen molar-refractivity contribution in [3.05, 3.63) is 24.3 Å². The van der Waals surface area contributed by atoms with Crippen LogP contribution in [0.25, 0.3) is 0 Å². The highest BCUT2D eigenvalue weighted by Crippen LogP contribution is 2.33. The summed E-state index contributed by atoms with van der Waals surface area (Å²) in [4.78, 5) is 37.1. The van der Waals surface area contributed by atoms with Gasteiger partial charge in [0.25, 0.3) is 0 Å². The molecule has 0 spiro atoms. The Morgan fingerprint density at radius 2 is 1.82 bits per heavy atom. The van der Waals surface area contributed by atoms with Crippen LogP contribution in [-0.4, -0.2) is 46.2 Å². The van der Waals surface area contributed by atoms with E-state index in [0.29, 0.717) is 0 Å². The van der Waals surface area contributed by atoms with Gasteiger partial charge in [-0.3, -0.25) is 14.5 Å². The molecule has 116 valence electrons. The molecule has 0 bridgehead atoms. The number of urea groups is 1. The summed E-state index contributed by atoms with van der Waals surface area (Å²) in [6.45, 7) is 0. The SMILES string of the molecule is C[N+](O)(O)c1cccc(N2C(=O)CC(=O)N(C3CC3)C2=O)c1. The van der Waals surface area contributed by atoms with Gasteiger partial charge >= 0.3 is 6.03 Å². The third-order valence-electron chi connectivity index (χ3n) is 3.71. The van der Waals surface area contributed by atoms with Crippen LogP contribution >= 0.6 is 0 Å². The molecule has 2 N–H and O–H groups in total. The number of carbonyl (C=O) groups excluding carboxylic acids is 3. The van der Waals surface area contributed by atoms with Crippen LogP contribution in [0.15, 0.2) is 24.3 Å². The van der Waals surface area contributed by atoms with E-state index < -0.39 is 22.7 Å². The number of hydroxylamine groups is 2. The minimum Gasteiger partial charge on any atom is -0.274 e. The average molecular weight is 306 g/mol. The summed E-state index contributed by atoms with van der Waals surface area (Å²) in [6, 6.07) is 4.99. The Morgan fingerprint density at radius 3 is 2.41 bits per heavy atom. The number of quaternary nitrogens is 1. The molecule has 2 aliphatic rings. The van der Waals surface area contributed by atoms with Crippen molar-refractivity contribution >= 4 is 29.2 Å². The van der Waals surface area contributed by atoms with Crippen molar-refractivity contribution in [3.63, 3.8) is 0 Å². The summed E-state index contributed by atoms with van der Waals surface area (Å²) in [6.07, 6.45) is 1.14. The summed E-state index contributed by atoms with van der Waals surface area (Å²) >= 11 is 0. The molecule has 1 aromatic rings.